The van der Waals surface area contributed by atoms with Crippen molar-refractivity contribution in [1.29, 1.82) is 0 Å². The fourth-order valence-corrected chi connectivity index (χ4v) is 2.36. The van der Waals surface area contributed by atoms with E-state index >= 15 is 0 Å². The summed E-state index contributed by atoms with van der Waals surface area (Å²) in [5.74, 6) is -0.108. The van der Waals surface area contributed by atoms with Gasteiger partial charge in [0.25, 0.3) is 0 Å². The minimum atomic E-state index is -0.845. The maximum absolute atomic E-state index is 10.9. The van der Waals surface area contributed by atoms with Crippen molar-refractivity contribution < 1.29 is 14.6 Å². The number of ether oxygens (including phenoxy) is 1. The summed E-state index contributed by atoms with van der Waals surface area (Å²) in [5.41, 5.74) is 2.69. The van der Waals surface area contributed by atoms with Gasteiger partial charge in [-0.15, -0.1) is 0 Å². The van der Waals surface area contributed by atoms with Crippen LogP contribution in [0.3, 0.4) is 0 Å². The zero-order chi connectivity index (χ0) is 15.2. The maximum Gasteiger partial charge on any atom is 0.307 e. The van der Waals surface area contributed by atoms with Crippen molar-refractivity contribution in [2.45, 2.75) is 26.4 Å². The van der Waals surface area contributed by atoms with E-state index in [9.17, 15) is 4.79 Å². The molecule has 0 amide bonds. The second-order valence-corrected chi connectivity index (χ2v) is 5.14. The maximum atomic E-state index is 10.9. The minimum absolute atomic E-state index is 0.000358. The van der Waals surface area contributed by atoms with Gasteiger partial charge >= 0.3 is 5.97 Å². The topological polar surface area (TPSA) is 46.5 Å². The number of aryl methyl sites for hydroxylation is 1. The third kappa shape index (κ3) is 4.23. The van der Waals surface area contributed by atoms with E-state index in [0.29, 0.717) is 6.61 Å². The molecule has 2 rings (SSSR count). The highest BCUT2D eigenvalue weighted by Gasteiger charge is 2.07. The first-order valence-corrected chi connectivity index (χ1v) is 7.17. The lowest BCUT2D eigenvalue weighted by Crippen LogP contribution is -2.06. The molecule has 0 atom stereocenters. The molecule has 0 saturated heterocycles. The molecular weight excluding hydrogens is 288 g/mol. The SMILES string of the molecule is CCc1cc(OCc2ccccc2CC(=O)O)ccc1Cl. The Morgan fingerprint density at radius 2 is 1.86 bits per heavy atom. The number of carboxylic acids is 1. The normalized spacial score (nSPS) is 10.4. The fraction of sp³-hybridized carbons (Fsp3) is 0.235. The molecule has 0 aliphatic carbocycles. The Hall–Kier alpha value is -2.00. The smallest absolute Gasteiger partial charge is 0.307 e. The average Bonchev–Trinajstić information content (AvgIpc) is 2.47. The highest BCUT2D eigenvalue weighted by atomic mass is 35.5. The first-order chi connectivity index (χ1) is 10.1. The van der Waals surface area contributed by atoms with Gasteiger partial charge < -0.3 is 9.84 Å². The Morgan fingerprint density at radius 1 is 1.14 bits per heavy atom. The lowest BCUT2D eigenvalue weighted by Gasteiger charge is -2.11. The van der Waals surface area contributed by atoms with E-state index in [2.05, 4.69) is 0 Å². The van der Waals surface area contributed by atoms with Gasteiger partial charge in [0.1, 0.15) is 12.4 Å². The van der Waals surface area contributed by atoms with Crippen LogP contribution in [0.15, 0.2) is 42.5 Å². The Balaban J connectivity index is 2.11. The molecule has 0 aliphatic rings. The van der Waals surface area contributed by atoms with Crippen LogP contribution in [-0.4, -0.2) is 11.1 Å². The predicted molar refractivity (Wildman–Crippen MR) is 82.9 cm³/mol. The molecule has 21 heavy (non-hydrogen) atoms. The van der Waals surface area contributed by atoms with E-state index in [1.807, 2.05) is 49.4 Å². The van der Waals surface area contributed by atoms with Crippen molar-refractivity contribution >= 4 is 17.6 Å². The highest BCUT2D eigenvalue weighted by Crippen LogP contribution is 2.23. The van der Waals surface area contributed by atoms with Crippen LogP contribution in [0.1, 0.15) is 23.6 Å². The molecule has 2 aromatic carbocycles. The average molecular weight is 305 g/mol. The van der Waals surface area contributed by atoms with Gasteiger partial charge in [0.15, 0.2) is 0 Å². The van der Waals surface area contributed by atoms with E-state index in [0.717, 1.165) is 33.9 Å². The van der Waals surface area contributed by atoms with Crippen molar-refractivity contribution in [3.8, 4) is 5.75 Å². The quantitative estimate of drug-likeness (QED) is 0.873. The predicted octanol–water partition coefficient (Wildman–Crippen LogP) is 4.11. The fourth-order valence-electron chi connectivity index (χ4n) is 2.11. The first kappa shape index (κ1) is 15.4. The van der Waals surface area contributed by atoms with Crippen LogP contribution in [0.2, 0.25) is 5.02 Å². The Labute approximate surface area is 129 Å². The van der Waals surface area contributed by atoms with Crippen molar-refractivity contribution in [3.63, 3.8) is 0 Å². The minimum Gasteiger partial charge on any atom is -0.489 e. The summed E-state index contributed by atoms with van der Waals surface area (Å²) in [6.45, 7) is 2.38. The summed E-state index contributed by atoms with van der Waals surface area (Å²) in [6.07, 6.45) is 0.839. The van der Waals surface area contributed by atoms with E-state index in [1.54, 1.807) is 0 Å². The van der Waals surface area contributed by atoms with Crippen molar-refractivity contribution in [3.05, 3.63) is 64.2 Å². The standard InChI is InChI=1S/C17H17ClO3/c1-2-12-9-15(7-8-16(12)18)21-11-14-6-4-3-5-13(14)10-17(19)20/h3-9H,2,10-11H2,1H3,(H,19,20). The summed E-state index contributed by atoms with van der Waals surface area (Å²) in [5, 5.41) is 9.65. The van der Waals surface area contributed by atoms with Crippen LogP contribution in [0, 0.1) is 0 Å². The lowest BCUT2D eigenvalue weighted by molar-refractivity contribution is -0.136. The number of hydrogen-bond donors (Lipinski definition) is 1. The van der Waals surface area contributed by atoms with E-state index in [1.165, 1.54) is 0 Å². The zero-order valence-corrected chi connectivity index (χ0v) is 12.6. The number of rotatable bonds is 6. The van der Waals surface area contributed by atoms with Crippen LogP contribution in [0.5, 0.6) is 5.75 Å². The summed E-state index contributed by atoms with van der Waals surface area (Å²) in [4.78, 5) is 10.9. The molecule has 0 spiro atoms. The summed E-state index contributed by atoms with van der Waals surface area (Å²) in [6, 6.07) is 13.0. The van der Waals surface area contributed by atoms with Crippen molar-refractivity contribution in [1.82, 2.24) is 0 Å². The first-order valence-electron chi connectivity index (χ1n) is 6.80. The largest absolute Gasteiger partial charge is 0.489 e. The number of carboxylic acid groups (broad SMARTS) is 1. The number of aliphatic carboxylic acids is 1. The van der Waals surface area contributed by atoms with Gasteiger partial charge in [-0.05, 0) is 41.3 Å². The number of hydrogen-bond acceptors (Lipinski definition) is 2. The summed E-state index contributed by atoms with van der Waals surface area (Å²) >= 11 is 6.08. The molecule has 110 valence electrons. The number of halogens is 1. The molecule has 1 N–H and O–H groups in total. The van der Waals surface area contributed by atoms with Gasteiger partial charge in [-0.25, -0.2) is 0 Å². The van der Waals surface area contributed by atoms with Crippen LogP contribution < -0.4 is 4.74 Å². The zero-order valence-electron chi connectivity index (χ0n) is 11.8. The molecule has 0 saturated carbocycles. The van der Waals surface area contributed by atoms with Gasteiger partial charge in [0.2, 0.25) is 0 Å². The van der Waals surface area contributed by atoms with Gasteiger partial charge in [0, 0.05) is 5.02 Å². The second kappa shape index (κ2) is 7.14. The molecule has 0 aromatic heterocycles. The Kier molecular flexibility index (Phi) is 5.23. The van der Waals surface area contributed by atoms with Gasteiger partial charge in [-0.2, -0.15) is 0 Å². The summed E-state index contributed by atoms with van der Waals surface area (Å²) in [7, 11) is 0. The van der Waals surface area contributed by atoms with E-state index < -0.39 is 5.97 Å². The van der Waals surface area contributed by atoms with Crippen LogP contribution >= 0.6 is 11.6 Å². The molecule has 0 fully saturated rings. The second-order valence-electron chi connectivity index (χ2n) is 4.73. The van der Waals surface area contributed by atoms with Crippen LogP contribution in [-0.2, 0) is 24.2 Å². The van der Waals surface area contributed by atoms with Crippen molar-refractivity contribution in [2.24, 2.45) is 0 Å². The molecule has 0 aliphatic heterocycles. The third-order valence-corrected chi connectivity index (χ3v) is 3.62. The molecule has 0 unspecified atom stereocenters. The lowest BCUT2D eigenvalue weighted by atomic mass is 10.1. The number of carbonyl (C=O) groups is 1. The van der Waals surface area contributed by atoms with Gasteiger partial charge in [-0.3, -0.25) is 4.79 Å². The Morgan fingerprint density at radius 3 is 2.52 bits per heavy atom. The molecule has 0 bridgehead atoms. The molecule has 0 heterocycles. The van der Waals surface area contributed by atoms with E-state index in [-0.39, 0.29) is 6.42 Å². The van der Waals surface area contributed by atoms with Crippen molar-refractivity contribution in [2.75, 3.05) is 0 Å². The monoisotopic (exact) mass is 304 g/mol. The van der Waals surface area contributed by atoms with Gasteiger partial charge in [0.05, 0.1) is 6.42 Å². The summed E-state index contributed by atoms with van der Waals surface area (Å²) < 4.78 is 5.76. The molecule has 3 nitrogen and oxygen atoms in total. The number of benzene rings is 2. The van der Waals surface area contributed by atoms with Gasteiger partial charge in [-0.1, -0.05) is 42.8 Å². The highest BCUT2D eigenvalue weighted by molar-refractivity contribution is 6.31. The molecule has 0 radical (unpaired) electrons. The molecule has 4 heteroatoms. The van der Waals surface area contributed by atoms with Crippen LogP contribution in [0.4, 0.5) is 0 Å². The molecule has 2 aromatic rings. The third-order valence-electron chi connectivity index (χ3n) is 3.25. The van der Waals surface area contributed by atoms with Crippen LogP contribution in [0.25, 0.3) is 0 Å². The Bertz CT molecular complexity index is 638. The van der Waals surface area contributed by atoms with E-state index in [4.69, 9.17) is 21.4 Å². The molecular formula is C17H17ClO3.